The van der Waals surface area contributed by atoms with Crippen LogP contribution in [0.3, 0.4) is 0 Å². The molecule has 0 saturated carbocycles. The number of carbonyl (C=O) groups is 5. The first kappa shape index (κ1) is 49.8. The number of cyclic esters (lactones) is 1. The molecule has 4 amide bonds. The highest BCUT2D eigenvalue weighted by molar-refractivity contribution is 5.97. The zero-order valence-corrected chi connectivity index (χ0v) is 40.5. The van der Waals surface area contributed by atoms with Gasteiger partial charge >= 0.3 is 5.97 Å². The van der Waals surface area contributed by atoms with Crippen LogP contribution in [0.4, 0.5) is 0 Å². The lowest BCUT2D eigenvalue weighted by Crippen LogP contribution is -2.67. The predicted molar refractivity (Wildman–Crippen MR) is 256 cm³/mol. The minimum Gasteiger partial charge on any atom is -0.508 e. The van der Waals surface area contributed by atoms with Crippen LogP contribution in [0.15, 0.2) is 67.4 Å². The van der Waals surface area contributed by atoms with Crippen molar-refractivity contribution < 1.29 is 44.0 Å². The van der Waals surface area contributed by atoms with Gasteiger partial charge in [-0.05, 0) is 105 Å². The monoisotopic (exact) mass is 934 g/mol. The quantitative estimate of drug-likeness (QED) is 0.114. The lowest BCUT2D eigenvalue weighted by Gasteiger charge is -2.40. The molecule has 2 aromatic heterocycles. The van der Waals surface area contributed by atoms with Crippen LogP contribution in [0.5, 0.6) is 5.75 Å². The standard InChI is InChI=1S/C51H66N8O9/c1-10-42(61)57-21-18-50(66,29-57)47(64)56(9)43(31(3)4)45(62)53-39-24-32-22-34(25-35(60)23-32)33-15-16-41-37(26-33)38(44(58(41)11-2)36-14-12-19-52-40(36)28-55(7)8)27-49(5,6)30-68-48(65)51(67)17-13-20-59(54-51)46(39)63/h10,12,14-16,19,22-23,25-26,31,39,43,54,60,66-67H,1,11,13,17-18,20-21,24,27-30H2,2-9H3,(H,53,62)/t39-,43-,50?,51-/m0/s1. The maximum Gasteiger partial charge on any atom is 0.355 e. The molecule has 17 heteroatoms. The summed E-state index contributed by atoms with van der Waals surface area (Å²) < 4.78 is 8.23. The van der Waals surface area contributed by atoms with Gasteiger partial charge in [-0.15, -0.1) is 0 Å². The predicted octanol–water partition coefficient (Wildman–Crippen LogP) is 3.76. The van der Waals surface area contributed by atoms with E-state index in [1.807, 2.05) is 46.1 Å². The number of phenolic OH excluding ortho intramolecular Hbond substituents is 1. The first-order valence-corrected chi connectivity index (χ1v) is 23.4. The molecular weight excluding hydrogens is 869 g/mol. The molecule has 4 atom stereocenters. The third-order valence-corrected chi connectivity index (χ3v) is 13.3. The van der Waals surface area contributed by atoms with Gasteiger partial charge in [-0.25, -0.2) is 4.79 Å². The Balaban J connectivity index is 1.33. The van der Waals surface area contributed by atoms with Gasteiger partial charge in [0.25, 0.3) is 11.8 Å². The number of nitrogens with zero attached hydrogens (tertiary/aromatic N) is 6. The molecule has 2 fully saturated rings. The number of nitrogens with one attached hydrogen (secondary N) is 2. The van der Waals surface area contributed by atoms with Crippen molar-refractivity contribution in [2.24, 2.45) is 11.3 Å². The Hall–Kier alpha value is -6.14. The summed E-state index contributed by atoms with van der Waals surface area (Å²) in [5.41, 5.74) is 4.59. The fraction of sp³-hybridized carbons (Fsp3) is 0.490. The molecule has 364 valence electrons. The van der Waals surface area contributed by atoms with Crippen LogP contribution < -0.4 is 10.7 Å². The second-order valence-corrected chi connectivity index (χ2v) is 20.0. The SMILES string of the molecule is C=CC(=O)N1CCC(O)(C(=O)N(C)[C@H](C(=O)N[C@H]2Cc3cc(O)cc(c3)-c3ccc4c(c3)c(c(-c3cccnc3CN(C)C)n4CC)CC(C)(C)COC(=O)[C@@]3(O)CCCN(N3)C2=O)C(C)C)C1. The lowest BCUT2D eigenvalue weighted by molar-refractivity contribution is -0.189. The maximum absolute atomic E-state index is 14.8. The summed E-state index contributed by atoms with van der Waals surface area (Å²) >= 11 is 0. The number of aromatic nitrogens is 2. The molecular formula is C51H66N8O9. The number of aliphatic hydroxyl groups is 2. The molecule has 0 radical (unpaired) electrons. The Kier molecular flexibility index (Phi) is 14.2. The van der Waals surface area contributed by atoms with Gasteiger partial charge in [-0.3, -0.25) is 29.2 Å². The molecule has 0 aliphatic carbocycles. The topological polar surface area (TPSA) is 210 Å². The van der Waals surface area contributed by atoms with Crippen molar-refractivity contribution in [1.29, 1.82) is 0 Å². The molecule has 5 N–H and O–H groups in total. The van der Waals surface area contributed by atoms with Gasteiger partial charge in [-0.2, -0.15) is 5.43 Å². The Morgan fingerprint density at radius 1 is 1.04 bits per heavy atom. The number of pyridine rings is 1. The summed E-state index contributed by atoms with van der Waals surface area (Å²) in [4.78, 5) is 79.0. The van der Waals surface area contributed by atoms with Crippen LogP contribution in [0.2, 0.25) is 0 Å². The molecule has 2 aromatic carbocycles. The number of β-amino-alcohol motifs (C(OH)–C–C–N with tert-alkyl or cyclic N) is 1. The third-order valence-electron chi connectivity index (χ3n) is 13.3. The Morgan fingerprint density at radius 2 is 1.79 bits per heavy atom. The number of hydrogen-bond donors (Lipinski definition) is 5. The van der Waals surface area contributed by atoms with Gasteiger partial charge < -0.3 is 44.6 Å². The second kappa shape index (κ2) is 19.5. The first-order valence-electron chi connectivity index (χ1n) is 23.4. The minimum atomic E-state index is -2.29. The molecule has 4 aromatic rings. The van der Waals surface area contributed by atoms with Crippen LogP contribution >= 0.6 is 0 Å². The zero-order valence-electron chi connectivity index (χ0n) is 40.5. The summed E-state index contributed by atoms with van der Waals surface area (Å²) in [6.45, 7) is 14.1. The second-order valence-electron chi connectivity index (χ2n) is 20.0. The number of hydrazine groups is 1. The summed E-state index contributed by atoms with van der Waals surface area (Å²) in [6.07, 6.45) is 3.32. The molecule has 1 unspecified atom stereocenters. The molecule has 2 saturated heterocycles. The van der Waals surface area contributed by atoms with Crippen LogP contribution in [-0.4, -0.2) is 145 Å². The number of likely N-dealkylation sites (N-methyl/N-ethyl adjacent to an activating group) is 1. The van der Waals surface area contributed by atoms with Crippen molar-refractivity contribution in [2.45, 2.75) is 103 Å². The highest BCUT2D eigenvalue weighted by Crippen LogP contribution is 2.41. The van der Waals surface area contributed by atoms with E-state index in [4.69, 9.17) is 9.72 Å². The minimum absolute atomic E-state index is 0.0470. The lowest BCUT2D eigenvalue weighted by atomic mass is 9.84. The van der Waals surface area contributed by atoms with E-state index < -0.39 is 64.3 Å². The van der Waals surface area contributed by atoms with E-state index in [1.165, 1.54) is 18.0 Å². The van der Waals surface area contributed by atoms with Crippen molar-refractivity contribution in [1.82, 2.24) is 40.0 Å². The molecule has 68 heavy (non-hydrogen) atoms. The number of phenols is 1. The summed E-state index contributed by atoms with van der Waals surface area (Å²) in [5, 5.41) is 39.6. The average Bonchev–Trinajstić information content (AvgIpc) is 3.84. The van der Waals surface area contributed by atoms with E-state index in [2.05, 4.69) is 51.9 Å². The van der Waals surface area contributed by atoms with Gasteiger partial charge in [0.15, 0.2) is 5.60 Å². The van der Waals surface area contributed by atoms with E-state index in [0.717, 1.165) is 55.0 Å². The summed E-state index contributed by atoms with van der Waals surface area (Å²) in [7, 11) is 5.39. The number of esters is 1. The van der Waals surface area contributed by atoms with Gasteiger partial charge in [0.1, 0.15) is 17.8 Å². The van der Waals surface area contributed by atoms with E-state index >= 15 is 0 Å². The molecule has 5 heterocycles. The molecule has 3 aliphatic heterocycles. The number of fused-ring (bicyclic) bond motifs is 6. The number of likely N-dealkylation sites (tertiary alicyclic amines) is 1. The largest absolute Gasteiger partial charge is 0.508 e. The Bertz CT molecular complexity index is 2620. The number of amides is 4. The van der Waals surface area contributed by atoms with Crippen LogP contribution in [0.1, 0.15) is 70.7 Å². The molecule has 7 rings (SSSR count). The van der Waals surface area contributed by atoms with E-state index in [9.17, 15) is 39.3 Å². The molecule has 6 bridgehead atoms. The fourth-order valence-corrected chi connectivity index (χ4v) is 10.1. The van der Waals surface area contributed by atoms with Crippen molar-refractivity contribution in [3.63, 3.8) is 0 Å². The number of aryl methyl sites for hydroxylation is 1. The first-order chi connectivity index (χ1) is 32.1. The van der Waals surface area contributed by atoms with Crippen LogP contribution in [-0.2, 0) is 54.6 Å². The van der Waals surface area contributed by atoms with Crippen molar-refractivity contribution in [3.05, 3.63) is 84.2 Å². The average molecular weight is 935 g/mol. The molecule has 0 spiro atoms. The zero-order chi connectivity index (χ0) is 49.5. The summed E-state index contributed by atoms with van der Waals surface area (Å²) in [5.74, 6) is -4.14. The van der Waals surface area contributed by atoms with E-state index in [0.29, 0.717) is 30.6 Å². The van der Waals surface area contributed by atoms with E-state index in [-0.39, 0.29) is 57.7 Å². The maximum atomic E-state index is 14.8. The van der Waals surface area contributed by atoms with E-state index in [1.54, 1.807) is 26.1 Å². The number of aromatic hydroxyl groups is 1. The molecule has 3 aliphatic rings. The van der Waals surface area contributed by atoms with Crippen molar-refractivity contribution in [2.75, 3.05) is 47.4 Å². The van der Waals surface area contributed by atoms with Crippen LogP contribution in [0.25, 0.3) is 33.3 Å². The Labute approximate surface area is 397 Å². The van der Waals surface area contributed by atoms with Gasteiger partial charge in [-0.1, -0.05) is 46.4 Å². The van der Waals surface area contributed by atoms with Crippen molar-refractivity contribution >= 4 is 40.5 Å². The van der Waals surface area contributed by atoms with Crippen molar-refractivity contribution in [3.8, 4) is 28.1 Å². The van der Waals surface area contributed by atoms with Crippen LogP contribution in [0, 0.1) is 11.3 Å². The Morgan fingerprint density at radius 3 is 2.49 bits per heavy atom. The normalized spacial score (nSPS) is 22.5. The van der Waals surface area contributed by atoms with Gasteiger partial charge in [0.2, 0.25) is 17.5 Å². The smallest absolute Gasteiger partial charge is 0.355 e. The highest BCUT2D eigenvalue weighted by atomic mass is 16.6. The number of rotatable bonds is 10. The summed E-state index contributed by atoms with van der Waals surface area (Å²) in [6, 6.07) is 12.6. The fourth-order valence-electron chi connectivity index (χ4n) is 10.1. The van der Waals surface area contributed by atoms with Gasteiger partial charge in [0, 0.05) is 80.6 Å². The molecule has 17 nitrogen and oxygen atoms in total. The third kappa shape index (κ3) is 10.0. The number of hydrogen-bond acceptors (Lipinski definition) is 12. The van der Waals surface area contributed by atoms with Gasteiger partial charge in [0.05, 0.1) is 24.5 Å². The number of carbonyl (C=O) groups excluding carboxylic acids is 5. The number of benzene rings is 2. The number of ether oxygens (including phenoxy) is 1. The highest BCUT2D eigenvalue weighted by Gasteiger charge is 2.49.